The van der Waals surface area contributed by atoms with Crippen LogP contribution in [0.4, 0.5) is 13.2 Å². The highest BCUT2D eigenvalue weighted by atomic mass is 19.4. The lowest BCUT2D eigenvalue weighted by atomic mass is 10.0. The summed E-state index contributed by atoms with van der Waals surface area (Å²) >= 11 is 0. The summed E-state index contributed by atoms with van der Waals surface area (Å²) in [5.41, 5.74) is -0.361. The molecular weight excluding hydrogens is 423 g/mol. The summed E-state index contributed by atoms with van der Waals surface area (Å²) in [5.74, 6) is -0.522. The van der Waals surface area contributed by atoms with Crippen molar-refractivity contribution >= 4 is 17.7 Å². The molecule has 3 aliphatic rings. The minimum absolute atomic E-state index is 0.0518. The van der Waals surface area contributed by atoms with Crippen LogP contribution in [-0.4, -0.2) is 65.1 Å². The van der Waals surface area contributed by atoms with Crippen LogP contribution >= 0.6 is 0 Å². The molecule has 174 valence electrons. The predicted molar refractivity (Wildman–Crippen MR) is 110 cm³/mol. The zero-order valence-corrected chi connectivity index (χ0v) is 17.9. The van der Waals surface area contributed by atoms with Crippen LogP contribution in [0.5, 0.6) is 0 Å². The maximum atomic E-state index is 13.0. The summed E-state index contributed by atoms with van der Waals surface area (Å²) in [5, 5.41) is 0. The van der Waals surface area contributed by atoms with E-state index in [1.165, 1.54) is 11.0 Å². The summed E-state index contributed by atoms with van der Waals surface area (Å²) in [7, 11) is 0. The molecule has 9 heteroatoms. The van der Waals surface area contributed by atoms with Gasteiger partial charge >= 0.3 is 6.18 Å². The van der Waals surface area contributed by atoms with E-state index in [9.17, 15) is 27.6 Å². The lowest BCUT2D eigenvalue weighted by Gasteiger charge is -2.37. The van der Waals surface area contributed by atoms with Gasteiger partial charge in [0.2, 0.25) is 17.7 Å². The molecular formula is C23H28F3N3O3. The van der Waals surface area contributed by atoms with Gasteiger partial charge in [-0.05, 0) is 30.5 Å². The number of benzene rings is 1. The molecule has 2 heterocycles. The fourth-order valence-electron chi connectivity index (χ4n) is 4.99. The van der Waals surface area contributed by atoms with Gasteiger partial charge in [-0.25, -0.2) is 0 Å². The van der Waals surface area contributed by atoms with Gasteiger partial charge in [-0.1, -0.05) is 25.0 Å². The van der Waals surface area contributed by atoms with Crippen LogP contribution in [0, 0.1) is 11.8 Å². The molecule has 6 nitrogen and oxygen atoms in total. The van der Waals surface area contributed by atoms with Gasteiger partial charge in [-0.2, -0.15) is 13.2 Å². The van der Waals surface area contributed by atoms with Crippen LogP contribution in [-0.2, 0) is 27.1 Å². The summed E-state index contributed by atoms with van der Waals surface area (Å²) < 4.78 is 38.8. The summed E-state index contributed by atoms with van der Waals surface area (Å²) in [6, 6.07) is 4.92. The molecule has 0 bridgehead atoms. The molecule has 1 saturated carbocycles. The van der Waals surface area contributed by atoms with Gasteiger partial charge in [0.15, 0.2) is 0 Å². The molecule has 0 aromatic heterocycles. The Labute approximate surface area is 185 Å². The monoisotopic (exact) mass is 451 g/mol. The van der Waals surface area contributed by atoms with Crippen molar-refractivity contribution in [3.63, 3.8) is 0 Å². The van der Waals surface area contributed by atoms with Crippen molar-refractivity contribution in [2.24, 2.45) is 11.8 Å². The molecule has 2 saturated heterocycles. The molecule has 1 aromatic carbocycles. The Morgan fingerprint density at radius 3 is 2.12 bits per heavy atom. The van der Waals surface area contributed by atoms with E-state index in [1.807, 2.05) is 4.90 Å². The number of carbonyl (C=O) groups is 3. The molecule has 1 aromatic rings. The van der Waals surface area contributed by atoms with E-state index in [4.69, 9.17) is 0 Å². The number of hydrogen-bond donors (Lipinski definition) is 0. The highest BCUT2D eigenvalue weighted by molar-refractivity contribution is 5.89. The number of rotatable bonds is 4. The molecule has 1 atom stereocenters. The zero-order valence-electron chi connectivity index (χ0n) is 17.9. The third-order valence-electron chi connectivity index (χ3n) is 6.80. The molecule has 3 amide bonds. The summed E-state index contributed by atoms with van der Waals surface area (Å²) in [4.78, 5) is 43.0. The second-order valence-electron chi connectivity index (χ2n) is 9.01. The highest BCUT2D eigenvalue weighted by Crippen LogP contribution is 2.31. The minimum Gasteiger partial charge on any atom is -0.339 e. The van der Waals surface area contributed by atoms with Crippen LogP contribution in [0.25, 0.3) is 0 Å². The standard InChI is InChI=1S/C23H28F3N3O3/c24-23(25,26)19-7-3-4-16(12-19)14-29-15-18(13-20(29)30)22(32)28-10-8-27(9-11-28)21(31)17-5-1-2-6-17/h3-4,7,12,17-18H,1-2,5-6,8-11,13-15H2. The highest BCUT2D eigenvalue weighted by Gasteiger charge is 2.38. The first-order chi connectivity index (χ1) is 15.2. The Balaban J connectivity index is 1.30. The summed E-state index contributed by atoms with van der Waals surface area (Å²) in [6.07, 6.45) is -0.277. The Kier molecular flexibility index (Phi) is 6.44. The molecule has 0 N–H and O–H groups in total. The molecule has 0 spiro atoms. The largest absolute Gasteiger partial charge is 0.416 e. The first-order valence-corrected chi connectivity index (χ1v) is 11.2. The van der Waals surface area contributed by atoms with Crippen molar-refractivity contribution in [2.45, 2.75) is 44.8 Å². The van der Waals surface area contributed by atoms with E-state index in [0.717, 1.165) is 37.8 Å². The van der Waals surface area contributed by atoms with Gasteiger partial charge in [-0.3, -0.25) is 14.4 Å². The first kappa shape index (κ1) is 22.6. The van der Waals surface area contributed by atoms with E-state index in [1.54, 1.807) is 11.0 Å². The Bertz CT molecular complexity index is 875. The molecule has 32 heavy (non-hydrogen) atoms. The molecule has 3 fully saturated rings. The molecule has 1 aliphatic carbocycles. The Morgan fingerprint density at radius 1 is 0.938 bits per heavy atom. The van der Waals surface area contributed by atoms with Crippen molar-refractivity contribution in [2.75, 3.05) is 32.7 Å². The van der Waals surface area contributed by atoms with Crippen LogP contribution in [0.3, 0.4) is 0 Å². The first-order valence-electron chi connectivity index (χ1n) is 11.2. The van der Waals surface area contributed by atoms with E-state index < -0.39 is 17.7 Å². The third kappa shape index (κ3) is 4.91. The third-order valence-corrected chi connectivity index (χ3v) is 6.80. The van der Waals surface area contributed by atoms with Crippen LogP contribution in [0.15, 0.2) is 24.3 Å². The van der Waals surface area contributed by atoms with Crippen LogP contribution in [0.1, 0.15) is 43.2 Å². The van der Waals surface area contributed by atoms with E-state index in [0.29, 0.717) is 31.7 Å². The molecule has 4 rings (SSSR count). The van der Waals surface area contributed by atoms with E-state index in [-0.39, 0.29) is 43.1 Å². The van der Waals surface area contributed by atoms with Gasteiger partial charge in [0.1, 0.15) is 0 Å². The number of alkyl halides is 3. The number of carbonyl (C=O) groups excluding carboxylic acids is 3. The smallest absolute Gasteiger partial charge is 0.339 e. The van der Waals surface area contributed by atoms with Crippen molar-refractivity contribution in [3.8, 4) is 0 Å². The quantitative estimate of drug-likeness (QED) is 0.707. The zero-order chi connectivity index (χ0) is 22.9. The topological polar surface area (TPSA) is 60.9 Å². The Hall–Kier alpha value is -2.58. The van der Waals surface area contributed by atoms with Crippen molar-refractivity contribution in [1.29, 1.82) is 0 Å². The fourth-order valence-corrected chi connectivity index (χ4v) is 4.99. The van der Waals surface area contributed by atoms with Crippen LogP contribution < -0.4 is 0 Å². The maximum absolute atomic E-state index is 13.0. The lowest BCUT2D eigenvalue weighted by molar-refractivity contribution is -0.143. The van der Waals surface area contributed by atoms with Gasteiger partial charge in [0, 0.05) is 51.6 Å². The number of amides is 3. The Morgan fingerprint density at radius 2 is 1.53 bits per heavy atom. The molecule has 0 radical (unpaired) electrons. The second-order valence-corrected chi connectivity index (χ2v) is 9.01. The predicted octanol–water partition coefficient (Wildman–Crippen LogP) is 2.91. The summed E-state index contributed by atoms with van der Waals surface area (Å²) in [6.45, 7) is 2.18. The average molecular weight is 451 g/mol. The molecule has 1 unspecified atom stereocenters. The van der Waals surface area contributed by atoms with Crippen LogP contribution in [0.2, 0.25) is 0 Å². The van der Waals surface area contributed by atoms with Crippen molar-refractivity contribution in [3.05, 3.63) is 35.4 Å². The number of hydrogen-bond acceptors (Lipinski definition) is 3. The number of halogens is 3. The van der Waals surface area contributed by atoms with Gasteiger partial charge < -0.3 is 14.7 Å². The van der Waals surface area contributed by atoms with Gasteiger partial charge in [0.25, 0.3) is 0 Å². The normalized spacial score (nSPS) is 22.7. The van der Waals surface area contributed by atoms with Crippen molar-refractivity contribution < 1.29 is 27.6 Å². The average Bonchev–Trinajstić information content (AvgIpc) is 3.43. The minimum atomic E-state index is -4.44. The number of piperazine rings is 1. The van der Waals surface area contributed by atoms with E-state index >= 15 is 0 Å². The second kappa shape index (κ2) is 9.11. The number of likely N-dealkylation sites (tertiary alicyclic amines) is 1. The lowest BCUT2D eigenvalue weighted by Crippen LogP contribution is -2.53. The van der Waals surface area contributed by atoms with E-state index in [2.05, 4.69) is 0 Å². The fraction of sp³-hybridized carbons (Fsp3) is 0.609. The SMILES string of the molecule is O=C1CC(C(=O)N2CCN(C(=O)C3CCCC3)CC2)CN1Cc1cccc(C(F)(F)F)c1. The van der Waals surface area contributed by atoms with Gasteiger partial charge in [-0.15, -0.1) is 0 Å². The van der Waals surface area contributed by atoms with Gasteiger partial charge in [0.05, 0.1) is 11.5 Å². The van der Waals surface area contributed by atoms with Crippen molar-refractivity contribution in [1.82, 2.24) is 14.7 Å². The number of nitrogens with zero attached hydrogens (tertiary/aromatic N) is 3. The maximum Gasteiger partial charge on any atom is 0.416 e. The molecule has 2 aliphatic heterocycles.